The van der Waals surface area contributed by atoms with Crippen LogP contribution >= 0.6 is 0 Å². The Hall–Kier alpha value is 0.0569. The molecule has 4 nitrogen and oxygen atoms in total. The maximum absolute atomic E-state index is 8.80. The van der Waals surface area contributed by atoms with E-state index in [1.807, 2.05) is 0 Å². The number of unbranched alkanes of at least 4 members (excludes halogenated alkanes) is 33. The SMILES string of the molecule is CO[Si](CCCCCCCCCCCCCCCCCCCCCCCCCCCCCCCCCCCCO)(OC)OC. The molecule has 0 aliphatic heterocycles. The van der Waals surface area contributed by atoms with Crippen LogP contribution < -0.4 is 0 Å². The second kappa shape index (κ2) is 37.5. The average Bonchev–Trinajstić information content (AvgIpc) is 3.05. The second-order valence-electron chi connectivity index (χ2n) is 13.8. The topological polar surface area (TPSA) is 47.9 Å². The maximum atomic E-state index is 8.80. The monoisotopic (exact) mass is 643 g/mol. The molecule has 0 spiro atoms. The summed E-state index contributed by atoms with van der Waals surface area (Å²) in [6, 6.07) is 0.938. The summed E-state index contributed by atoms with van der Waals surface area (Å²) in [5, 5.41) is 8.80. The third kappa shape index (κ3) is 32.0. The van der Waals surface area contributed by atoms with Crippen LogP contribution in [0.5, 0.6) is 0 Å². The van der Waals surface area contributed by atoms with Gasteiger partial charge in [0, 0.05) is 34.0 Å². The van der Waals surface area contributed by atoms with Crippen molar-refractivity contribution in [1.29, 1.82) is 0 Å². The van der Waals surface area contributed by atoms with Crippen LogP contribution in [0.15, 0.2) is 0 Å². The van der Waals surface area contributed by atoms with Gasteiger partial charge in [0.05, 0.1) is 0 Å². The molecule has 0 unspecified atom stereocenters. The van der Waals surface area contributed by atoms with Crippen LogP contribution in [0, 0.1) is 0 Å². The van der Waals surface area contributed by atoms with Gasteiger partial charge in [-0.1, -0.05) is 205 Å². The van der Waals surface area contributed by atoms with Crippen LogP contribution in [0.4, 0.5) is 0 Å². The predicted molar refractivity (Wildman–Crippen MR) is 196 cm³/mol. The molecule has 0 aromatic heterocycles. The van der Waals surface area contributed by atoms with Crippen molar-refractivity contribution >= 4 is 8.80 Å². The quantitative estimate of drug-likeness (QED) is 0.0535. The third-order valence-corrected chi connectivity index (χ3v) is 12.7. The fraction of sp³-hybridized carbons (Fsp3) is 1.00. The van der Waals surface area contributed by atoms with E-state index in [0.717, 1.165) is 18.9 Å². The summed E-state index contributed by atoms with van der Waals surface area (Å²) in [5.41, 5.74) is 0. The molecule has 0 atom stereocenters. The lowest BCUT2D eigenvalue weighted by molar-refractivity contribution is 0.122. The van der Waals surface area contributed by atoms with Crippen LogP contribution in [0.25, 0.3) is 0 Å². The first-order valence-electron chi connectivity index (χ1n) is 20.0. The lowest BCUT2D eigenvalue weighted by Crippen LogP contribution is -2.42. The highest BCUT2D eigenvalue weighted by atomic mass is 28.4. The van der Waals surface area contributed by atoms with Gasteiger partial charge in [-0.15, -0.1) is 0 Å². The molecule has 0 fully saturated rings. The fourth-order valence-corrected chi connectivity index (χ4v) is 8.46. The molecule has 0 amide bonds. The van der Waals surface area contributed by atoms with Crippen molar-refractivity contribution in [3.8, 4) is 0 Å². The Morgan fingerprint density at radius 3 is 0.591 bits per heavy atom. The van der Waals surface area contributed by atoms with Gasteiger partial charge < -0.3 is 18.4 Å². The first-order valence-corrected chi connectivity index (χ1v) is 21.9. The summed E-state index contributed by atoms with van der Waals surface area (Å²) in [5.74, 6) is 0. The standard InChI is InChI=1S/C39H82O4Si/c1-41-44(42-2,43-3)39-37-35-33-31-29-27-25-23-21-19-17-15-13-11-9-7-5-4-6-8-10-12-14-16-18-20-22-24-26-28-30-32-34-36-38-40/h40H,4-39H2,1-3H3. The van der Waals surface area contributed by atoms with Crippen LogP contribution in [0.2, 0.25) is 6.04 Å². The van der Waals surface area contributed by atoms with E-state index in [9.17, 15) is 0 Å². The van der Waals surface area contributed by atoms with E-state index in [4.69, 9.17) is 18.4 Å². The Morgan fingerprint density at radius 2 is 0.432 bits per heavy atom. The molecular formula is C39H82O4Si. The Morgan fingerprint density at radius 1 is 0.273 bits per heavy atom. The van der Waals surface area contributed by atoms with Crippen LogP contribution in [-0.2, 0) is 13.3 Å². The van der Waals surface area contributed by atoms with Gasteiger partial charge in [0.15, 0.2) is 0 Å². The van der Waals surface area contributed by atoms with Crippen molar-refractivity contribution in [3.05, 3.63) is 0 Å². The zero-order chi connectivity index (χ0) is 32.1. The van der Waals surface area contributed by atoms with Gasteiger partial charge in [-0.05, 0) is 12.8 Å². The molecule has 266 valence electrons. The third-order valence-electron chi connectivity index (χ3n) is 9.82. The summed E-state index contributed by atoms with van der Waals surface area (Å²) >= 11 is 0. The van der Waals surface area contributed by atoms with Crippen molar-refractivity contribution in [2.45, 2.75) is 224 Å². The maximum Gasteiger partial charge on any atom is 0.500 e. The Balaban J connectivity index is 3.11. The Bertz CT molecular complexity index is 506. The summed E-state index contributed by atoms with van der Waals surface area (Å²) in [4.78, 5) is 0. The van der Waals surface area contributed by atoms with Crippen molar-refractivity contribution in [3.63, 3.8) is 0 Å². The molecule has 0 rings (SSSR count). The van der Waals surface area contributed by atoms with E-state index in [0.29, 0.717) is 6.61 Å². The minimum absolute atomic E-state index is 0.370. The molecule has 1 N–H and O–H groups in total. The highest BCUT2D eigenvalue weighted by molar-refractivity contribution is 6.60. The minimum atomic E-state index is -2.35. The summed E-state index contributed by atoms with van der Waals surface area (Å²) < 4.78 is 16.5. The van der Waals surface area contributed by atoms with E-state index in [-0.39, 0.29) is 0 Å². The summed E-state index contributed by atoms with van der Waals surface area (Å²) in [6.45, 7) is 0.370. The average molecular weight is 643 g/mol. The molecule has 0 bridgehead atoms. The lowest BCUT2D eigenvalue weighted by atomic mass is 10.0. The van der Waals surface area contributed by atoms with E-state index >= 15 is 0 Å². The molecule has 0 saturated heterocycles. The Labute approximate surface area is 278 Å². The lowest BCUT2D eigenvalue weighted by Gasteiger charge is -2.24. The summed E-state index contributed by atoms with van der Waals surface area (Å²) in [6.07, 6.45) is 47.8. The second-order valence-corrected chi connectivity index (χ2v) is 16.9. The zero-order valence-corrected chi connectivity index (χ0v) is 31.6. The molecule has 0 heterocycles. The van der Waals surface area contributed by atoms with E-state index < -0.39 is 8.80 Å². The number of hydrogen-bond donors (Lipinski definition) is 1. The molecule has 44 heavy (non-hydrogen) atoms. The van der Waals surface area contributed by atoms with Gasteiger partial charge >= 0.3 is 8.80 Å². The molecular weight excluding hydrogens is 561 g/mol. The minimum Gasteiger partial charge on any atom is -0.396 e. The van der Waals surface area contributed by atoms with E-state index in [1.165, 1.54) is 205 Å². The van der Waals surface area contributed by atoms with Gasteiger partial charge in [-0.25, -0.2) is 0 Å². The molecule has 5 heteroatoms. The molecule has 0 saturated carbocycles. The van der Waals surface area contributed by atoms with Crippen LogP contribution in [-0.4, -0.2) is 41.8 Å². The number of hydrogen-bond acceptors (Lipinski definition) is 4. The molecule has 0 aliphatic rings. The van der Waals surface area contributed by atoms with Gasteiger partial charge in [-0.2, -0.15) is 0 Å². The van der Waals surface area contributed by atoms with Crippen LogP contribution in [0.1, 0.15) is 218 Å². The molecule has 0 aromatic carbocycles. The molecule has 0 aliphatic carbocycles. The first kappa shape index (κ1) is 44.1. The highest BCUT2D eigenvalue weighted by Gasteiger charge is 2.36. The zero-order valence-electron chi connectivity index (χ0n) is 30.6. The first-order chi connectivity index (χ1) is 21.7. The van der Waals surface area contributed by atoms with Gasteiger partial charge in [0.2, 0.25) is 0 Å². The predicted octanol–water partition coefficient (Wildman–Crippen LogP) is 13.1. The number of aliphatic hydroxyl groups excluding tert-OH is 1. The van der Waals surface area contributed by atoms with Crippen molar-refractivity contribution in [2.24, 2.45) is 0 Å². The van der Waals surface area contributed by atoms with Crippen molar-refractivity contribution < 1.29 is 18.4 Å². The Kier molecular flexibility index (Phi) is 37.6. The highest BCUT2D eigenvalue weighted by Crippen LogP contribution is 2.19. The van der Waals surface area contributed by atoms with Gasteiger partial charge in [-0.3, -0.25) is 0 Å². The summed E-state index contributed by atoms with van der Waals surface area (Å²) in [7, 11) is 2.78. The normalized spacial score (nSPS) is 12.0. The van der Waals surface area contributed by atoms with Gasteiger partial charge in [0.1, 0.15) is 0 Å². The molecule has 0 aromatic rings. The van der Waals surface area contributed by atoms with Crippen molar-refractivity contribution in [2.75, 3.05) is 27.9 Å². The fourth-order valence-electron chi connectivity index (χ4n) is 6.67. The van der Waals surface area contributed by atoms with Crippen molar-refractivity contribution in [1.82, 2.24) is 0 Å². The largest absolute Gasteiger partial charge is 0.500 e. The smallest absolute Gasteiger partial charge is 0.396 e. The number of rotatable bonds is 39. The van der Waals surface area contributed by atoms with E-state index in [1.54, 1.807) is 21.3 Å². The number of aliphatic hydroxyl groups is 1. The van der Waals surface area contributed by atoms with Crippen LogP contribution in [0.3, 0.4) is 0 Å². The van der Waals surface area contributed by atoms with E-state index in [2.05, 4.69) is 0 Å². The molecule has 0 radical (unpaired) electrons. The van der Waals surface area contributed by atoms with Gasteiger partial charge in [0.25, 0.3) is 0 Å².